The number of nitrogens with zero attached hydrogens (tertiary/aromatic N) is 2. The maximum Gasteiger partial charge on any atom is 0.271 e. The predicted octanol–water partition coefficient (Wildman–Crippen LogP) is 5.22. The first-order valence-electron chi connectivity index (χ1n) is 11.4. The summed E-state index contributed by atoms with van der Waals surface area (Å²) in [6.07, 6.45) is 1.28. The maximum atomic E-state index is 12.6. The van der Waals surface area contributed by atoms with Gasteiger partial charge >= 0.3 is 0 Å². The molecular weight excluding hydrogens is 528 g/mol. The highest BCUT2D eigenvalue weighted by molar-refractivity contribution is 6.32. The fourth-order valence-corrected chi connectivity index (χ4v) is 3.57. The van der Waals surface area contributed by atoms with Crippen LogP contribution in [0.3, 0.4) is 0 Å². The second-order valence-electron chi connectivity index (χ2n) is 7.76. The summed E-state index contributed by atoms with van der Waals surface area (Å²) < 4.78 is 16.3. The molecule has 11 nitrogen and oxygen atoms in total. The van der Waals surface area contributed by atoms with E-state index in [1.807, 2.05) is 0 Å². The van der Waals surface area contributed by atoms with Gasteiger partial charge in [0.25, 0.3) is 17.5 Å². The molecule has 0 heterocycles. The number of rotatable bonds is 11. The van der Waals surface area contributed by atoms with E-state index in [1.165, 1.54) is 42.5 Å². The van der Waals surface area contributed by atoms with Gasteiger partial charge in [-0.05, 0) is 61.0 Å². The average Bonchev–Trinajstić information content (AvgIpc) is 2.92. The minimum Gasteiger partial charge on any atom is -0.497 e. The van der Waals surface area contributed by atoms with Crippen LogP contribution in [-0.2, 0) is 9.59 Å². The number of nitro benzene ring substituents is 1. The van der Waals surface area contributed by atoms with Crippen molar-refractivity contribution in [3.05, 3.63) is 86.9 Å². The zero-order chi connectivity index (χ0) is 28.4. The van der Waals surface area contributed by atoms with E-state index in [4.69, 9.17) is 25.8 Å². The number of benzene rings is 3. The Morgan fingerprint density at radius 1 is 1.08 bits per heavy atom. The van der Waals surface area contributed by atoms with Crippen LogP contribution in [-0.4, -0.2) is 37.1 Å². The number of methoxy groups -OCH3 is 1. The Balaban J connectivity index is 1.76. The minimum absolute atomic E-state index is 0.0841. The lowest BCUT2D eigenvalue weighted by Crippen LogP contribution is -2.20. The first-order valence-corrected chi connectivity index (χ1v) is 11.8. The van der Waals surface area contributed by atoms with Gasteiger partial charge in [-0.1, -0.05) is 17.7 Å². The molecule has 200 valence electrons. The molecule has 0 radical (unpaired) electrons. The van der Waals surface area contributed by atoms with Crippen LogP contribution in [0.4, 0.5) is 17.1 Å². The third kappa shape index (κ3) is 7.95. The van der Waals surface area contributed by atoms with E-state index in [0.29, 0.717) is 17.0 Å². The van der Waals surface area contributed by atoms with Crippen LogP contribution in [0, 0.1) is 21.4 Å². The van der Waals surface area contributed by atoms with Crippen LogP contribution in [0.1, 0.15) is 12.5 Å². The molecule has 0 saturated heterocycles. The van der Waals surface area contributed by atoms with Gasteiger partial charge in [-0.25, -0.2) is 0 Å². The van der Waals surface area contributed by atoms with E-state index in [2.05, 4.69) is 10.6 Å². The van der Waals surface area contributed by atoms with E-state index in [-0.39, 0.29) is 46.7 Å². The van der Waals surface area contributed by atoms with Gasteiger partial charge < -0.3 is 24.8 Å². The number of nitriles is 1. The van der Waals surface area contributed by atoms with Crippen LogP contribution in [0.25, 0.3) is 6.08 Å². The molecule has 12 heteroatoms. The Hall–Kier alpha value is -5.08. The number of hydrogen-bond donors (Lipinski definition) is 2. The van der Waals surface area contributed by atoms with Crippen molar-refractivity contribution < 1.29 is 28.7 Å². The molecule has 0 atom stereocenters. The van der Waals surface area contributed by atoms with Gasteiger partial charge in [0.2, 0.25) is 0 Å². The standard InChI is InChI=1S/C27H23ClN4O7/c1-3-38-24-13-17(11-18(15-29)27(34)31-20-5-4-6-21(14-20)32(35)36)12-23(28)26(24)39-16-25(33)30-19-7-9-22(37-2)10-8-19/h4-14H,3,16H2,1-2H3,(H,30,33)(H,31,34)/b18-11-. The number of nitrogens with one attached hydrogen (secondary N) is 2. The summed E-state index contributed by atoms with van der Waals surface area (Å²) in [6, 6.07) is 16.8. The normalized spacial score (nSPS) is 10.7. The Morgan fingerprint density at radius 2 is 1.82 bits per heavy atom. The zero-order valence-electron chi connectivity index (χ0n) is 20.9. The topological polar surface area (TPSA) is 153 Å². The monoisotopic (exact) mass is 550 g/mol. The third-order valence-electron chi connectivity index (χ3n) is 5.04. The average molecular weight is 551 g/mol. The van der Waals surface area contributed by atoms with Gasteiger partial charge in [0.15, 0.2) is 18.1 Å². The lowest BCUT2D eigenvalue weighted by Gasteiger charge is -2.15. The Morgan fingerprint density at radius 3 is 2.46 bits per heavy atom. The summed E-state index contributed by atoms with van der Waals surface area (Å²) in [4.78, 5) is 35.4. The molecule has 0 aromatic heterocycles. The van der Waals surface area contributed by atoms with Crippen molar-refractivity contribution in [1.29, 1.82) is 5.26 Å². The predicted molar refractivity (Wildman–Crippen MR) is 145 cm³/mol. The molecule has 0 spiro atoms. The summed E-state index contributed by atoms with van der Waals surface area (Å²) >= 11 is 6.40. The van der Waals surface area contributed by atoms with Crippen LogP contribution in [0.15, 0.2) is 66.2 Å². The smallest absolute Gasteiger partial charge is 0.271 e. The zero-order valence-corrected chi connectivity index (χ0v) is 21.7. The molecule has 0 saturated carbocycles. The molecule has 0 aliphatic heterocycles. The van der Waals surface area contributed by atoms with Gasteiger partial charge in [0, 0.05) is 23.5 Å². The number of anilines is 2. The fraction of sp³-hybridized carbons (Fsp3) is 0.148. The number of amides is 2. The van der Waals surface area contributed by atoms with Crippen molar-refractivity contribution >= 4 is 46.6 Å². The second kappa shape index (κ2) is 13.5. The van der Waals surface area contributed by atoms with Crippen LogP contribution in [0.5, 0.6) is 17.2 Å². The molecular formula is C27H23ClN4O7. The molecule has 39 heavy (non-hydrogen) atoms. The van der Waals surface area contributed by atoms with Gasteiger partial charge in [-0.3, -0.25) is 19.7 Å². The fourth-order valence-electron chi connectivity index (χ4n) is 3.29. The third-order valence-corrected chi connectivity index (χ3v) is 5.32. The largest absolute Gasteiger partial charge is 0.497 e. The SMILES string of the molecule is CCOc1cc(/C=C(/C#N)C(=O)Nc2cccc([N+](=O)[O-])c2)cc(Cl)c1OCC(=O)Nc1ccc(OC)cc1. The van der Waals surface area contributed by atoms with Crippen molar-refractivity contribution in [3.8, 4) is 23.3 Å². The van der Waals surface area contributed by atoms with E-state index in [9.17, 15) is 25.0 Å². The number of carbonyl (C=O) groups excluding carboxylic acids is 2. The van der Waals surface area contributed by atoms with Gasteiger partial charge in [0.05, 0.1) is 23.7 Å². The number of nitro groups is 1. The summed E-state index contributed by atoms with van der Waals surface area (Å²) in [5.74, 6) is -0.257. The highest BCUT2D eigenvalue weighted by Gasteiger charge is 2.17. The van der Waals surface area contributed by atoms with Gasteiger partial charge in [-0.2, -0.15) is 5.26 Å². The molecule has 0 bridgehead atoms. The van der Waals surface area contributed by atoms with Crippen molar-refractivity contribution in [1.82, 2.24) is 0 Å². The summed E-state index contributed by atoms with van der Waals surface area (Å²) in [5.41, 5.74) is 0.557. The summed E-state index contributed by atoms with van der Waals surface area (Å²) in [6.45, 7) is 1.62. The maximum absolute atomic E-state index is 12.6. The number of hydrogen-bond acceptors (Lipinski definition) is 8. The molecule has 3 rings (SSSR count). The molecule has 2 N–H and O–H groups in total. The summed E-state index contributed by atoms with van der Waals surface area (Å²) in [7, 11) is 1.54. The van der Waals surface area contributed by atoms with Crippen LogP contribution < -0.4 is 24.8 Å². The van der Waals surface area contributed by atoms with Crippen molar-refractivity contribution in [2.75, 3.05) is 31.0 Å². The Kier molecular flexibility index (Phi) is 9.83. The van der Waals surface area contributed by atoms with Gasteiger partial charge in [0.1, 0.15) is 17.4 Å². The number of carbonyl (C=O) groups is 2. The molecule has 3 aromatic rings. The molecule has 0 aliphatic rings. The first kappa shape index (κ1) is 28.5. The van der Waals surface area contributed by atoms with E-state index >= 15 is 0 Å². The van der Waals surface area contributed by atoms with Gasteiger partial charge in [-0.15, -0.1) is 0 Å². The van der Waals surface area contributed by atoms with E-state index in [1.54, 1.807) is 44.4 Å². The van der Waals surface area contributed by atoms with Crippen molar-refractivity contribution in [2.45, 2.75) is 6.92 Å². The molecule has 3 aromatic carbocycles. The number of ether oxygens (including phenoxy) is 3. The first-order chi connectivity index (χ1) is 18.7. The molecule has 0 aliphatic carbocycles. The van der Waals surface area contributed by atoms with Crippen molar-refractivity contribution in [2.24, 2.45) is 0 Å². The lowest BCUT2D eigenvalue weighted by molar-refractivity contribution is -0.384. The quantitative estimate of drug-likeness (QED) is 0.143. The molecule has 2 amide bonds. The highest BCUT2D eigenvalue weighted by Crippen LogP contribution is 2.37. The van der Waals surface area contributed by atoms with Crippen LogP contribution in [0.2, 0.25) is 5.02 Å². The minimum atomic E-state index is -0.775. The molecule has 0 unspecified atom stereocenters. The van der Waals surface area contributed by atoms with E-state index in [0.717, 1.165) is 0 Å². The number of halogens is 1. The second-order valence-corrected chi connectivity index (χ2v) is 8.17. The van der Waals surface area contributed by atoms with Crippen molar-refractivity contribution in [3.63, 3.8) is 0 Å². The number of non-ortho nitro benzene ring substituents is 1. The highest BCUT2D eigenvalue weighted by atomic mass is 35.5. The Bertz CT molecular complexity index is 1450. The summed E-state index contributed by atoms with van der Waals surface area (Å²) in [5, 5.41) is 25.7. The van der Waals surface area contributed by atoms with E-state index < -0.39 is 16.7 Å². The lowest BCUT2D eigenvalue weighted by atomic mass is 10.1. The molecule has 0 fully saturated rings. The van der Waals surface area contributed by atoms with Crippen LogP contribution >= 0.6 is 11.6 Å². The Labute approximate surface area is 228 Å².